The third-order valence-electron chi connectivity index (χ3n) is 2.55. The average molecular weight is 293 g/mol. The maximum atomic E-state index is 12.0. The van der Waals surface area contributed by atoms with Crippen LogP contribution in [0.25, 0.3) is 0 Å². The molecule has 108 valence electrons. The highest BCUT2D eigenvalue weighted by Gasteiger charge is 2.30. The number of hydrogen-bond donors (Lipinski definition) is 2. The predicted octanol–water partition coefficient (Wildman–Crippen LogP) is 3.78. The Morgan fingerprint density at radius 1 is 1.10 bits per heavy atom. The number of nitrogens with two attached hydrogens (primary N) is 1. The molecule has 0 spiro atoms. The summed E-state index contributed by atoms with van der Waals surface area (Å²) >= 11 is 0. The van der Waals surface area contributed by atoms with Gasteiger partial charge in [0.2, 0.25) is 0 Å². The Morgan fingerprint density at radius 3 is 2.29 bits per heavy atom. The first-order valence-corrected chi connectivity index (χ1v) is 5.80. The second kappa shape index (κ2) is 5.63. The van der Waals surface area contributed by atoms with E-state index in [1.165, 1.54) is 30.3 Å². The number of rotatable bonds is 3. The Balaban J connectivity index is 2.12. The minimum Gasteiger partial charge on any atom is -0.406 e. The number of nitriles is 1. The van der Waals surface area contributed by atoms with E-state index in [0.29, 0.717) is 22.6 Å². The van der Waals surface area contributed by atoms with E-state index in [-0.39, 0.29) is 5.75 Å². The van der Waals surface area contributed by atoms with Crippen molar-refractivity contribution in [2.24, 2.45) is 0 Å². The summed E-state index contributed by atoms with van der Waals surface area (Å²) in [6.45, 7) is 0. The van der Waals surface area contributed by atoms with Crippen LogP contribution in [0.15, 0.2) is 42.5 Å². The molecule has 0 heterocycles. The molecule has 0 radical (unpaired) electrons. The van der Waals surface area contributed by atoms with Gasteiger partial charge in [0.25, 0.3) is 0 Å². The Labute approximate surface area is 118 Å². The van der Waals surface area contributed by atoms with Crippen molar-refractivity contribution in [2.75, 3.05) is 11.1 Å². The Morgan fingerprint density at radius 2 is 1.76 bits per heavy atom. The molecule has 2 aromatic rings. The SMILES string of the molecule is N#Cc1ccc(Nc2ccc(OC(F)(F)F)cc2)c(N)c1. The van der Waals surface area contributed by atoms with Crippen molar-refractivity contribution in [1.29, 1.82) is 5.26 Å². The van der Waals surface area contributed by atoms with Crippen LogP contribution in [-0.2, 0) is 0 Å². The molecule has 0 unspecified atom stereocenters. The smallest absolute Gasteiger partial charge is 0.406 e. The molecule has 0 aliphatic carbocycles. The van der Waals surface area contributed by atoms with Crippen LogP contribution in [0, 0.1) is 11.3 Å². The van der Waals surface area contributed by atoms with E-state index in [1.807, 2.05) is 6.07 Å². The van der Waals surface area contributed by atoms with Gasteiger partial charge in [0.05, 0.1) is 23.0 Å². The third kappa shape index (κ3) is 4.04. The molecule has 3 N–H and O–H groups in total. The normalized spacial score (nSPS) is 10.8. The zero-order valence-corrected chi connectivity index (χ0v) is 10.6. The number of anilines is 3. The van der Waals surface area contributed by atoms with E-state index in [1.54, 1.807) is 12.1 Å². The fourth-order valence-corrected chi connectivity index (χ4v) is 1.64. The molecular formula is C14H10F3N3O. The largest absolute Gasteiger partial charge is 0.573 e. The van der Waals surface area contributed by atoms with Crippen LogP contribution in [0.1, 0.15) is 5.56 Å². The predicted molar refractivity (Wildman–Crippen MR) is 72.0 cm³/mol. The van der Waals surface area contributed by atoms with Gasteiger partial charge in [0.15, 0.2) is 0 Å². The minimum absolute atomic E-state index is 0.305. The van der Waals surface area contributed by atoms with Crippen LogP contribution < -0.4 is 15.8 Å². The molecule has 0 aromatic heterocycles. The summed E-state index contributed by atoms with van der Waals surface area (Å²) in [5.74, 6) is -0.305. The lowest BCUT2D eigenvalue weighted by Crippen LogP contribution is -2.16. The summed E-state index contributed by atoms with van der Waals surface area (Å²) in [5.41, 5.74) is 7.66. The van der Waals surface area contributed by atoms with E-state index in [9.17, 15) is 13.2 Å². The van der Waals surface area contributed by atoms with Crippen molar-refractivity contribution >= 4 is 17.1 Å². The van der Waals surface area contributed by atoms with Crippen molar-refractivity contribution in [2.45, 2.75) is 6.36 Å². The first-order chi connectivity index (χ1) is 9.87. The lowest BCUT2D eigenvalue weighted by atomic mass is 10.2. The number of hydrogen-bond acceptors (Lipinski definition) is 4. The number of alkyl halides is 3. The number of nitrogen functional groups attached to an aromatic ring is 1. The number of halogens is 3. The van der Waals surface area contributed by atoms with Crippen LogP contribution >= 0.6 is 0 Å². The first-order valence-electron chi connectivity index (χ1n) is 5.80. The molecule has 0 atom stereocenters. The van der Waals surface area contributed by atoms with Crippen LogP contribution in [0.5, 0.6) is 5.75 Å². The number of benzene rings is 2. The Hall–Kier alpha value is -2.88. The van der Waals surface area contributed by atoms with Crippen LogP contribution in [-0.4, -0.2) is 6.36 Å². The summed E-state index contributed by atoms with van der Waals surface area (Å²) in [4.78, 5) is 0. The Kier molecular flexibility index (Phi) is 3.89. The van der Waals surface area contributed by atoms with E-state index in [2.05, 4.69) is 10.1 Å². The summed E-state index contributed by atoms with van der Waals surface area (Å²) in [5, 5.41) is 11.7. The quantitative estimate of drug-likeness (QED) is 0.845. The molecule has 21 heavy (non-hydrogen) atoms. The summed E-state index contributed by atoms with van der Waals surface area (Å²) < 4.78 is 39.9. The van der Waals surface area contributed by atoms with E-state index >= 15 is 0 Å². The number of nitrogens with one attached hydrogen (secondary N) is 1. The van der Waals surface area contributed by atoms with Crippen molar-refractivity contribution in [1.82, 2.24) is 0 Å². The first kappa shape index (κ1) is 14.5. The maximum absolute atomic E-state index is 12.0. The highest BCUT2D eigenvalue weighted by molar-refractivity contribution is 5.74. The summed E-state index contributed by atoms with van der Waals surface area (Å²) in [6.07, 6.45) is -4.72. The standard InChI is InChI=1S/C14H10F3N3O/c15-14(16,17)21-11-4-2-10(3-5-11)20-13-6-1-9(8-18)7-12(13)19/h1-7,20H,19H2. The number of ether oxygens (including phenoxy) is 1. The molecular weight excluding hydrogens is 283 g/mol. The topological polar surface area (TPSA) is 71.1 Å². The molecule has 4 nitrogen and oxygen atoms in total. The van der Waals surface area contributed by atoms with Gasteiger partial charge in [-0.05, 0) is 42.5 Å². The Bertz CT molecular complexity index is 675. The van der Waals surface area contributed by atoms with Crippen molar-refractivity contribution in [3.05, 3.63) is 48.0 Å². The van der Waals surface area contributed by atoms with Gasteiger partial charge in [-0.25, -0.2) is 0 Å². The monoisotopic (exact) mass is 293 g/mol. The van der Waals surface area contributed by atoms with Gasteiger partial charge in [0, 0.05) is 5.69 Å². The lowest BCUT2D eigenvalue weighted by molar-refractivity contribution is -0.274. The molecule has 0 fully saturated rings. The molecule has 0 aliphatic heterocycles. The highest BCUT2D eigenvalue weighted by atomic mass is 19.4. The zero-order chi connectivity index (χ0) is 15.5. The molecule has 2 aromatic carbocycles. The molecule has 2 rings (SSSR count). The van der Waals surface area contributed by atoms with E-state index in [4.69, 9.17) is 11.0 Å². The molecule has 0 saturated carbocycles. The third-order valence-corrected chi connectivity index (χ3v) is 2.55. The van der Waals surface area contributed by atoms with Gasteiger partial charge in [-0.3, -0.25) is 0 Å². The zero-order valence-electron chi connectivity index (χ0n) is 10.6. The highest BCUT2D eigenvalue weighted by Crippen LogP contribution is 2.27. The van der Waals surface area contributed by atoms with E-state index in [0.717, 1.165) is 0 Å². The van der Waals surface area contributed by atoms with Gasteiger partial charge in [-0.1, -0.05) is 0 Å². The van der Waals surface area contributed by atoms with Crippen molar-refractivity contribution in [3.8, 4) is 11.8 Å². The average Bonchev–Trinajstić information content (AvgIpc) is 2.41. The second-order valence-corrected chi connectivity index (χ2v) is 4.11. The molecule has 0 bridgehead atoms. The van der Waals surface area contributed by atoms with Gasteiger partial charge in [0.1, 0.15) is 5.75 Å². The minimum atomic E-state index is -4.72. The van der Waals surface area contributed by atoms with Crippen LogP contribution in [0.3, 0.4) is 0 Å². The molecule has 7 heteroatoms. The van der Waals surface area contributed by atoms with E-state index < -0.39 is 6.36 Å². The van der Waals surface area contributed by atoms with Crippen LogP contribution in [0.2, 0.25) is 0 Å². The van der Waals surface area contributed by atoms with Crippen molar-refractivity contribution in [3.63, 3.8) is 0 Å². The lowest BCUT2D eigenvalue weighted by Gasteiger charge is -2.11. The van der Waals surface area contributed by atoms with Gasteiger partial charge in [-0.15, -0.1) is 13.2 Å². The van der Waals surface area contributed by atoms with Gasteiger partial charge >= 0.3 is 6.36 Å². The summed E-state index contributed by atoms with van der Waals surface area (Å²) in [6, 6.07) is 11.9. The maximum Gasteiger partial charge on any atom is 0.573 e. The van der Waals surface area contributed by atoms with Gasteiger partial charge < -0.3 is 15.8 Å². The molecule has 0 saturated heterocycles. The van der Waals surface area contributed by atoms with Crippen molar-refractivity contribution < 1.29 is 17.9 Å². The fraction of sp³-hybridized carbons (Fsp3) is 0.0714. The molecule has 0 aliphatic rings. The number of nitrogens with zero attached hydrogens (tertiary/aromatic N) is 1. The van der Waals surface area contributed by atoms with Crippen LogP contribution in [0.4, 0.5) is 30.2 Å². The molecule has 0 amide bonds. The summed E-state index contributed by atoms with van der Waals surface area (Å²) in [7, 11) is 0. The fourth-order valence-electron chi connectivity index (χ4n) is 1.64. The van der Waals surface area contributed by atoms with Gasteiger partial charge in [-0.2, -0.15) is 5.26 Å². The second-order valence-electron chi connectivity index (χ2n) is 4.11.